The lowest BCUT2D eigenvalue weighted by Gasteiger charge is -1.98. The number of hydrogen-bond acceptors (Lipinski definition) is 2. The molecule has 3 aromatic heterocycles. The zero-order valence-corrected chi connectivity index (χ0v) is 11.7. The quantitative estimate of drug-likeness (QED) is 0.740. The van der Waals surface area contributed by atoms with Crippen LogP contribution in [0.25, 0.3) is 22.2 Å². The molecule has 3 aromatic rings. The number of aromatic amines is 1. The minimum atomic E-state index is 0.694. The largest absolute Gasteiger partial charge is 0.472 e. The highest BCUT2D eigenvalue weighted by molar-refractivity contribution is 9.10. The molecule has 0 amide bonds. The first-order valence-corrected chi connectivity index (χ1v) is 7.46. The van der Waals surface area contributed by atoms with Gasteiger partial charge in [-0.15, -0.1) is 0 Å². The summed E-state index contributed by atoms with van der Waals surface area (Å²) in [7, 11) is 0.694. The second-order valence-electron chi connectivity index (χ2n) is 3.69. The van der Waals surface area contributed by atoms with Crippen LogP contribution in [-0.4, -0.2) is 19.5 Å². The molecule has 0 bridgehead atoms. The molecule has 0 unspecified atom stereocenters. The van der Waals surface area contributed by atoms with Crippen molar-refractivity contribution in [3.63, 3.8) is 0 Å². The minimum Gasteiger partial charge on any atom is -0.472 e. The van der Waals surface area contributed by atoms with Crippen LogP contribution >= 0.6 is 15.9 Å². The van der Waals surface area contributed by atoms with E-state index in [1.54, 1.807) is 18.7 Å². The Bertz CT molecular complexity index is 661. The summed E-state index contributed by atoms with van der Waals surface area (Å²) in [6.07, 6.45) is 5.27. The molecule has 0 saturated carbocycles. The van der Waals surface area contributed by atoms with Crippen LogP contribution in [0.4, 0.5) is 0 Å². The molecule has 3 heterocycles. The molecule has 0 aliphatic rings. The van der Waals surface area contributed by atoms with Crippen molar-refractivity contribution in [2.75, 3.05) is 0 Å². The summed E-state index contributed by atoms with van der Waals surface area (Å²) in [5.74, 6) is 0. The number of fused-ring (bicyclic) bond motifs is 1. The minimum absolute atomic E-state index is 0.694. The molecular formula is C12H9BrN2OSi. The first-order chi connectivity index (χ1) is 8.29. The van der Waals surface area contributed by atoms with Gasteiger partial charge in [-0.3, -0.25) is 0 Å². The van der Waals surface area contributed by atoms with Crippen LogP contribution in [0.15, 0.2) is 39.7 Å². The smallest absolute Gasteiger partial charge is 0.137 e. The molecule has 1 N–H and O–H groups in total. The van der Waals surface area contributed by atoms with Crippen molar-refractivity contribution in [2.45, 2.75) is 6.55 Å². The van der Waals surface area contributed by atoms with Crippen LogP contribution in [0.1, 0.15) is 0 Å². The van der Waals surface area contributed by atoms with Gasteiger partial charge in [0.1, 0.15) is 15.2 Å². The Morgan fingerprint density at radius 1 is 1.47 bits per heavy atom. The standard InChI is InChI=1S/C12H9BrN2OSi/c1-17-12-10(7-2-3-16-6-7)9-4-8(13)5-14-11(9)15-12/h2-6H,1H3,(H,14,15). The predicted molar refractivity (Wildman–Crippen MR) is 72.7 cm³/mol. The van der Waals surface area contributed by atoms with E-state index in [-0.39, 0.29) is 0 Å². The number of furan rings is 1. The predicted octanol–water partition coefficient (Wildman–Crippen LogP) is 2.96. The number of rotatable bonds is 2. The van der Waals surface area contributed by atoms with Gasteiger partial charge in [0.25, 0.3) is 0 Å². The SMILES string of the molecule is C[Si]c1[nH]c2ncc(Br)cc2c1-c1ccoc1. The van der Waals surface area contributed by atoms with Crippen molar-refractivity contribution >= 4 is 41.8 Å². The number of H-pyrrole nitrogens is 1. The summed E-state index contributed by atoms with van der Waals surface area (Å²) in [6, 6.07) is 4.07. The molecule has 0 fully saturated rings. The Hall–Kier alpha value is -1.33. The van der Waals surface area contributed by atoms with Gasteiger partial charge in [0.05, 0.1) is 12.5 Å². The zero-order chi connectivity index (χ0) is 11.8. The third kappa shape index (κ3) is 1.75. The maximum absolute atomic E-state index is 5.17. The summed E-state index contributed by atoms with van der Waals surface area (Å²) in [5.41, 5.74) is 3.22. The highest BCUT2D eigenvalue weighted by Gasteiger charge is 2.14. The fourth-order valence-corrected chi connectivity index (χ4v) is 3.04. The van der Waals surface area contributed by atoms with Crippen LogP contribution in [0.3, 0.4) is 0 Å². The second-order valence-corrected chi connectivity index (χ2v) is 5.60. The lowest BCUT2D eigenvalue weighted by atomic mass is 10.1. The van der Waals surface area contributed by atoms with Crippen LogP contribution in [0.2, 0.25) is 6.55 Å². The molecule has 0 atom stereocenters. The number of halogens is 1. The monoisotopic (exact) mass is 304 g/mol. The van der Waals surface area contributed by atoms with Crippen LogP contribution in [0, 0.1) is 0 Å². The number of nitrogens with zero attached hydrogens (tertiary/aromatic N) is 1. The first kappa shape index (κ1) is 10.8. The Balaban J connectivity index is 2.37. The molecule has 5 heteroatoms. The topological polar surface area (TPSA) is 41.8 Å². The van der Waals surface area contributed by atoms with Gasteiger partial charge in [-0.05, 0) is 28.1 Å². The fraction of sp³-hybridized carbons (Fsp3) is 0.0833. The molecule has 0 aromatic carbocycles. The molecule has 2 radical (unpaired) electrons. The van der Waals surface area contributed by atoms with Crippen LogP contribution < -0.4 is 5.32 Å². The third-order valence-corrected chi connectivity index (χ3v) is 3.99. The van der Waals surface area contributed by atoms with Crippen molar-refractivity contribution in [3.05, 3.63) is 35.3 Å². The average molecular weight is 305 g/mol. The van der Waals surface area contributed by atoms with Gasteiger partial charge in [0.15, 0.2) is 0 Å². The molecule has 84 valence electrons. The first-order valence-electron chi connectivity index (χ1n) is 5.17. The van der Waals surface area contributed by atoms with E-state index in [0.717, 1.165) is 21.1 Å². The van der Waals surface area contributed by atoms with Crippen molar-refractivity contribution in [2.24, 2.45) is 0 Å². The van der Waals surface area contributed by atoms with Crippen molar-refractivity contribution in [1.82, 2.24) is 9.97 Å². The molecule has 0 aliphatic heterocycles. The van der Waals surface area contributed by atoms with Gasteiger partial charge < -0.3 is 9.40 Å². The Morgan fingerprint density at radius 3 is 3.06 bits per heavy atom. The number of aromatic nitrogens is 2. The van der Waals surface area contributed by atoms with E-state index in [4.69, 9.17) is 4.42 Å². The molecule has 0 spiro atoms. The zero-order valence-electron chi connectivity index (χ0n) is 9.12. The van der Waals surface area contributed by atoms with Crippen molar-refractivity contribution < 1.29 is 4.42 Å². The van der Waals surface area contributed by atoms with E-state index in [1.807, 2.05) is 6.07 Å². The molecule has 17 heavy (non-hydrogen) atoms. The van der Waals surface area contributed by atoms with Crippen molar-refractivity contribution in [3.8, 4) is 11.1 Å². The summed E-state index contributed by atoms with van der Waals surface area (Å²) in [6.45, 7) is 2.16. The Labute approximate surface area is 109 Å². The van der Waals surface area contributed by atoms with Gasteiger partial charge in [-0.25, -0.2) is 4.98 Å². The third-order valence-electron chi connectivity index (χ3n) is 2.68. The van der Waals surface area contributed by atoms with E-state index < -0.39 is 0 Å². The van der Waals surface area contributed by atoms with Crippen molar-refractivity contribution in [1.29, 1.82) is 0 Å². The Kier molecular flexibility index (Phi) is 2.64. The maximum Gasteiger partial charge on any atom is 0.137 e. The molecule has 3 nitrogen and oxygen atoms in total. The van der Waals surface area contributed by atoms with E-state index in [2.05, 4.69) is 38.5 Å². The number of nitrogens with one attached hydrogen (secondary N) is 1. The van der Waals surface area contributed by atoms with E-state index in [9.17, 15) is 0 Å². The summed E-state index contributed by atoms with van der Waals surface area (Å²) >= 11 is 3.46. The van der Waals surface area contributed by atoms with E-state index in [0.29, 0.717) is 9.52 Å². The van der Waals surface area contributed by atoms with Gasteiger partial charge >= 0.3 is 0 Å². The van der Waals surface area contributed by atoms with Crippen LogP contribution in [0.5, 0.6) is 0 Å². The van der Waals surface area contributed by atoms with E-state index >= 15 is 0 Å². The highest BCUT2D eigenvalue weighted by Crippen LogP contribution is 2.28. The average Bonchev–Trinajstić information content (AvgIpc) is 2.93. The fourth-order valence-electron chi connectivity index (χ4n) is 1.94. The molecule has 0 saturated heterocycles. The molecular weight excluding hydrogens is 296 g/mol. The number of hydrogen-bond donors (Lipinski definition) is 1. The van der Waals surface area contributed by atoms with Crippen LogP contribution in [-0.2, 0) is 0 Å². The summed E-state index contributed by atoms with van der Waals surface area (Å²) < 4.78 is 6.16. The van der Waals surface area contributed by atoms with E-state index in [1.165, 1.54) is 10.9 Å². The second kappa shape index (κ2) is 4.16. The van der Waals surface area contributed by atoms with Gasteiger partial charge in [-0.1, -0.05) is 6.55 Å². The molecule has 0 aliphatic carbocycles. The molecule has 3 rings (SSSR count). The lowest BCUT2D eigenvalue weighted by molar-refractivity contribution is 0.568. The number of pyridine rings is 1. The summed E-state index contributed by atoms with van der Waals surface area (Å²) in [4.78, 5) is 7.76. The maximum atomic E-state index is 5.17. The Morgan fingerprint density at radius 2 is 2.35 bits per heavy atom. The van der Waals surface area contributed by atoms with Gasteiger partial charge in [0, 0.05) is 32.5 Å². The lowest BCUT2D eigenvalue weighted by Crippen LogP contribution is -2.13. The van der Waals surface area contributed by atoms with Gasteiger partial charge in [-0.2, -0.15) is 0 Å². The highest BCUT2D eigenvalue weighted by atomic mass is 79.9. The normalized spacial score (nSPS) is 11.2. The van der Waals surface area contributed by atoms with Gasteiger partial charge in [0.2, 0.25) is 0 Å². The summed E-state index contributed by atoms with van der Waals surface area (Å²) in [5, 5.41) is 2.34.